The summed E-state index contributed by atoms with van der Waals surface area (Å²) in [7, 11) is 0. The maximum atomic E-state index is 13.6. The summed E-state index contributed by atoms with van der Waals surface area (Å²) in [5, 5.41) is 3.75. The third-order valence-corrected chi connectivity index (χ3v) is 7.71. The molecule has 0 fully saturated rings. The van der Waals surface area contributed by atoms with Gasteiger partial charge in [-0.05, 0) is 86.6 Å². The Morgan fingerprint density at radius 2 is 1.88 bits per heavy atom. The average molecular weight is 476 g/mol. The minimum Gasteiger partial charge on any atom is -0.324 e. The van der Waals surface area contributed by atoms with E-state index in [2.05, 4.69) is 10.3 Å². The Morgan fingerprint density at radius 3 is 2.68 bits per heavy atom. The number of halogens is 1. The fourth-order valence-electron chi connectivity index (χ4n) is 4.62. The van der Waals surface area contributed by atoms with Crippen LogP contribution in [0.15, 0.2) is 47.5 Å². The highest BCUT2D eigenvalue weighted by atomic mass is 32.1. The lowest BCUT2D eigenvalue weighted by atomic mass is 9.91. The number of rotatable bonds is 4. The molecule has 1 N–H and O–H groups in total. The van der Waals surface area contributed by atoms with Crippen molar-refractivity contribution in [1.82, 2.24) is 0 Å². The lowest BCUT2D eigenvalue weighted by molar-refractivity contribution is -0.120. The molecule has 5 rings (SSSR count). The molecule has 7 heteroatoms. The number of nitrogens with zero attached hydrogens (tertiary/aromatic N) is 2. The quantitative estimate of drug-likeness (QED) is 0.563. The van der Waals surface area contributed by atoms with Crippen molar-refractivity contribution < 1.29 is 14.0 Å². The number of hydrogen-bond acceptors (Lipinski definition) is 4. The molecule has 2 aromatic carbocycles. The van der Waals surface area contributed by atoms with Crippen molar-refractivity contribution in [3.63, 3.8) is 0 Å². The number of anilines is 2. The standard InChI is InChI=1S/C27H26FN3O2S/c1-16-7-8-17(2)21(13-16)30-23(32)15-31-24(33)14-29-26(18-9-11-19(28)12-10-18)25-20-5-3-4-6-22(20)34-27(25)31/h7-13H,3-6,14-15H2,1-2H3,(H,30,32). The van der Waals surface area contributed by atoms with E-state index in [-0.39, 0.29) is 30.7 Å². The van der Waals surface area contributed by atoms with Gasteiger partial charge < -0.3 is 5.32 Å². The van der Waals surface area contributed by atoms with Gasteiger partial charge in [-0.15, -0.1) is 11.3 Å². The Balaban J connectivity index is 1.52. The molecule has 34 heavy (non-hydrogen) atoms. The summed E-state index contributed by atoms with van der Waals surface area (Å²) >= 11 is 1.59. The van der Waals surface area contributed by atoms with E-state index in [4.69, 9.17) is 0 Å². The number of aryl methyl sites for hydroxylation is 3. The van der Waals surface area contributed by atoms with Crippen molar-refractivity contribution in [2.24, 2.45) is 4.99 Å². The lowest BCUT2D eigenvalue weighted by Gasteiger charge is -2.21. The van der Waals surface area contributed by atoms with Crippen LogP contribution in [0.5, 0.6) is 0 Å². The fourth-order valence-corrected chi connectivity index (χ4v) is 6.02. The van der Waals surface area contributed by atoms with Gasteiger partial charge in [0.2, 0.25) is 11.8 Å². The van der Waals surface area contributed by atoms with Gasteiger partial charge in [-0.1, -0.05) is 12.1 Å². The van der Waals surface area contributed by atoms with Crippen LogP contribution in [0.1, 0.15) is 45.5 Å². The molecule has 174 valence electrons. The van der Waals surface area contributed by atoms with Gasteiger partial charge in [0.25, 0.3) is 0 Å². The molecule has 2 heterocycles. The van der Waals surface area contributed by atoms with Crippen LogP contribution in [0, 0.1) is 19.7 Å². The third kappa shape index (κ3) is 4.28. The first-order valence-corrected chi connectivity index (χ1v) is 12.3. The first kappa shape index (κ1) is 22.5. The number of aliphatic imine (C=N–C) groups is 1. The Hall–Kier alpha value is -3.32. The maximum Gasteiger partial charge on any atom is 0.249 e. The molecule has 5 nitrogen and oxygen atoms in total. The third-order valence-electron chi connectivity index (χ3n) is 6.39. The molecule has 1 aliphatic carbocycles. The van der Waals surface area contributed by atoms with Crippen LogP contribution >= 0.6 is 11.3 Å². The Morgan fingerprint density at radius 1 is 1.12 bits per heavy atom. The van der Waals surface area contributed by atoms with Crippen molar-refractivity contribution in [3.05, 3.63) is 81.0 Å². The second kappa shape index (κ2) is 9.14. The smallest absolute Gasteiger partial charge is 0.249 e. The number of fused-ring (bicyclic) bond motifs is 3. The van der Waals surface area contributed by atoms with Crippen LogP contribution in [-0.4, -0.2) is 30.6 Å². The van der Waals surface area contributed by atoms with E-state index < -0.39 is 0 Å². The van der Waals surface area contributed by atoms with E-state index in [0.717, 1.165) is 58.6 Å². The highest BCUT2D eigenvalue weighted by Gasteiger charge is 2.33. The Kier molecular flexibility index (Phi) is 6.04. The zero-order valence-electron chi connectivity index (χ0n) is 19.3. The summed E-state index contributed by atoms with van der Waals surface area (Å²) in [6.45, 7) is 3.79. The molecular formula is C27H26FN3O2S. The molecule has 1 aliphatic heterocycles. The van der Waals surface area contributed by atoms with Crippen LogP contribution in [0.3, 0.4) is 0 Å². The zero-order valence-corrected chi connectivity index (χ0v) is 20.1. The van der Waals surface area contributed by atoms with Gasteiger partial charge in [-0.25, -0.2) is 4.39 Å². The lowest BCUT2D eigenvalue weighted by Crippen LogP contribution is -2.38. The minimum absolute atomic E-state index is 0.0559. The number of carbonyl (C=O) groups is 2. The Bertz CT molecular complexity index is 1310. The number of thiophene rings is 1. The molecule has 0 saturated carbocycles. The second-order valence-electron chi connectivity index (χ2n) is 8.91. The van der Waals surface area contributed by atoms with Gasteiger partial charge in [-0.2, -0.15) is 0 Å². The summed E-state index contributed by atoms with van der Waals surface area (Å²) in [4.78, 5) is 33.8. The van der Waals surface area contributed by atoms with E-state index in [0.29, 0.717) is 5.71 Å². The highest BCUT2D eigenvalue weighted by molar-refractivity contribution is 7.17. The van der Waals surface area contributed by atoms with Crippen LogP contribution in [0.25, 0.3) is 0 Å². The fraction of sp³-hybridized carbons (Fsp3) is 0.296. The normalized spacial score (nSPS) is 15.3. The van der Waals surface area contributed by atoms with Crippen molar-refractivity contribution >= 4 is 39.6 Å². The van der Waals surface area contributed by atoms with Gasteiger partial charge in [0.15, 0.2) is 0 Å². The molecule has 0 spiro atoms. The summed E-state index contributed by atoms with van der Waals surface area (Å²) in [6.07, 6.45) is 4.06. The van der Waals surface area contributed by atoms with Crippen LogP contribution in [0.4, 0.5) is 15.1 Å². The first-order valence-electron chi connectivity index (χ1n) is 11.5. The van der Waals surface area contributed by atoms with E-state index >= 15 is 0 Å². The highest BCUT2D eigenvalue weighted by Crippen LogP contribution is 2.42. The van der Waals surface area contributed by atoms with Gasteiger partial charge in [0, 0.05) is 21.7 Å². The van der Waals surface area contributed by atoms with Gasteiger partial charge in [0.05, 0.1) is 5.71 Å². The van der Waals surface area contributed by atoms with E-state index in [1.54, 1.807) is 28.4 Å². The molecule has 2 amide bonds. The molecule has 0 bridgehead atoms. The SMILES string of the molecule is Cc1ccc(C)c(NC(=O)CN2C(=O)CN=C(c3ccc(F)cc3)c3c2sc2c3CCCC2)c1. The molecule has 0 saturated heterocycles. The summed E-state index contributed by atoms with van der Waals surface area (Å²) < 4.78 is 13.6. The molecular weight excluding hydrogens is 449 g/mol. The second-order valence-corrected chi connectivity index (χ2v) is 9.99. The number of nitrogens with one attached hydrogen (secondary N) is 1. The number of amides is 2. The summed E-state index contributed by atoms with van der Waals surface area (Å²) in [5.41, 5.74) is 6.40. The van der Waals surface area contributed by atoms with Crippen molar-refractivity contribution in [2.75, 3.05) is 23.3 Å². The molecule has 0 unspecified atom stereocenters. The van der Waals surface area contributed by atoms with Crippen molar-refractivity contribution in [3.8, 4) is 0 Å². The van der Waals surface area contributed by atoms with E-state index in [1.807, 2.05) is 32.0 Å². The predicted molar refractivity (Wildman–Crippen MR) is 135 cm³/mol. The van der Waals surface area contributed by atoms with E-state index in [1.165, 1.54) is 22.6 Å². The molecule has 1 aromatic heterocycles. The maximum absolute atomic E-state index is 13.6. The van der Waals surface area contributed by atoms with Crippen molar-refractivity contribution in [2.45, 2.75) is 39.5 Å². The zero-order chi connectivity index (χ0) is 23.8. The molecule has 3 aromatic rings. The summed E-state index contributed by atoms with van der Waals surface area (Å²) in [6, 6.07) is 12.1. The predicted octanol–water partition coefficient (Wildman–Crippen LogP) is 5.21. The molecule has 0 atom stereocenters. The molecule has 2 aliphatic rings. The summed E-state index contributed by atoms with van der Waals surface area (Å²) in [5.74, 6) is -0.774. The monoisotopic (exact) mass is 475 g/mol. The number of benzene rings is 2. The van der Waals surface area contributed by atoms with Gasteiger partial charge >= 0.3 is 0 Å². The average Bonchev–Trinajstić information content (AvgIpc) is 3.14. The largest absolute Gasteiger partial charge is 0.324 e. The topological polar surface area (TPSA) is 61.8 Å². The number of hydrogen-bond donors (Lipinski definition) is 1. The van der Waals surface area contributed by atoms with Crippen LogP contribution in [-0.2, 0) is 22.4 Å². The first-order chi connectivity index (χ1) is 16.4. The van der Waals surface area contributed by atoms with Crippen LogP contribution < -0.4 is 10.2 Å². The van der Waals surface area contributed by atoms with E-state index in [9.17, 15) is 14.0 Å². The van der Waals surface area contributed by atoms with Gasteiger partial charge in [0.1, 0.15) is 23.9 Å². The van der Waals surface area contributed by atoms with Crippen LogP contribution in [0.2, 0.25) is 0 Å². The number of carbonyl (C=O) groups excluding carboxylic acids is 2. The van der Waals surface area contributed by atoms with Gasteiger partial charge in [-0.3, -0.25) is 19.5 Å². The molecule has 0 radical (unpaired) electrons. The van der Waals surface area contributed by atoms with Crippen molar-refractivity contribution in [1.29, 1.82) is 0 Å². The Labute approximate surface area is 202 Å². The minimum atomic E-state index is -0.314.